The second-order valence-corrected chi connectivity index (χ2v) is 6.46. The van der Waals surface area contributed by atoms with Crippen molar-refractivity contribution in [1.29, 1.82) is 5.26 Å². The molecule has 8 heteroatoms. The monoisotopic (exact) mass is 363 g/mol. The van der Waals surface area contributed by atoms with Crippen LogP contribution in [-0.4, -0.2) is 21.2 Å². The number of hydrogen-bond donors (Lipinski definition) is 2. The first-order chi connectivity index (χ1) is 12.5. The smallest absolute Gasteiger partial charge is 0.290 e. The van der Waals surface area contributed by atoms with Crippen molar-refractivity contribution in [2.24, 2.45) is 0 Å². The molecule has 3 aromatic rings. The fourth-order valence-corrected chi connectivity index (χ4v) is 3.26. The molecule has 26 heavy (non-hydrogen) atoms. The molecule has 3 heterocycles. The maximum absolute atomic E-state index is 11.7. The lowest BCUT2D eigenvalue weighted by molar-refractivity contribution is -0.115. The van der Waals surface area contributed by atoms with Crippen LogP contribution >= 0.6 is 11.8 Å². The highest BCUT2D eigenvalue weighted by Gasteiger charge is 2.25. The zero-order chi connectivity index (χ0) is 18.3. The molecular formula is C18H9N3O4S. The van der Waals surface area contributed by atoms with Gasteiger partial charge < -0.3 is 9.52 Å². The van der Waals surface area contributed by atoms with Crippen LogP contribution in [0.15, 0.2) is 46.0 Å². The molecule has 0 bridgehead atoms. The molecule has 0 saturated carbocycles. The highest BCUT2D eigenvalue weighted by atomic mass is 32.2. The van der Waals surface area contributed by atoms with Crippen molar-refractivity contribution in [2.75, 3.05) is 0 Å². The molecular weight excluding hydrogens is 354 g/mol. The summed E-state index contributed by atoms with van der Waals surface area (Å²) in [6.45, 7) is 0. The van der Waals surface area contributed by atoms with Crippen molar-refractivity contribution in [1.82, 2.24) is 10.3 Å². The van der Waals surface area contributed by atoms with Gasteiger partial charge in [-0.05, 0) is 35.5 Å². The van der Waals surface area contributed by atoms with E-state index in [0.717, 1.165) is 11.8 Å². The largest absolute Gasteiger partial charge is 0.507 e. The number of thioether (sulfide) groups is 1. The number of benzene rings is 1. The molecule has 126 valence electrons. The number of nitriles is 1. The number of phenols is 1. The highest BCUT2D eigenvalue weighted by molar-refractivity contribution is 8.18. The molecule has 2 aromatic heterocycles. The summed E-state index contributed by atoms with van der Waals surface area (Å²) in [6, 6.07) is 8.28. The summed E-state index contributed by atoms with van der Waals surface area (Å²) in [7, 11) is 0. The van der Waals surface area contributed by atoms with E-state index in [1.165, 1.54) is 12.1 Å². The number of nitrogens with one attached hydrogen (secondary N) is 1. The van der Waals surface area contributed by atoms with Crippen molar-refractivity contribution in [2.45, 2.75) is 0 Å². The Bertz CT molecular complexity index is 1160. The van der Waals surface area contributed by atoms with E-state index in [0.29, 0.717) is 27.9 Å². The molecule has 1 aliphatic rings. The number of furan rings is 1. The Labute approximate surface area is 150 Å². The van der Waals surface area contributed by atoms with E-state index in [9.17, 15) is 14.7 Å². The molecule has 1 fully saturated rings. The number of amides is 2. The fourth-order valence-electron chi connectivity index (χ4n) is 2.60. The van der Waals surface area contributed by atoms with Gasteiger partial charge in [0.15, 0.2) is 0 Å². The summed E-state index contributed by atoms with van der Waals surface area (Å²) < 4.78 is 5.84. The molecule has 0 spiro atoms. The van der Waals surface area contributed by atoms with Gasteiger partial charge in [0, 0.05) is 29.4 Å². The van der Waals surface area contributed by atoms with Gasteiger partial charge in [-0.2, -0.15) is 5.26 Å². The molecule has 1 saturated heterocycles. The number of fused-ring (bicyclic) bond motifs is 1. The second kappa shape index (κ2) is 6.06. The Morgan fingerprint density at radius 3 is 2.85 bits per heavy atom. The average molecular weight is 363 g/mol. The van der Waals surface area contributed by atoms with Crippen LogP contribution < -0.4 is 5.32 Å². The van der Waals surface area contributed by atoms with Gasteiger partial charge in [0.05, 0.1) is 10.5 Å². The van der Waals surface area contributed by atoms with E-state index in [2.05, 4.69) is 10.3 Å². The minimum Gasteiger partial charge on any atom is -0.507 e. The summed E-state index contributed by atoms with van der Waals surface area (Å²) in [5.41, 5.74) is 1.97. The van der Waals surface area contributed by atoms with Crippen molar-refractivity contribution in [3.05, 3.63) is 52.9 Å². The predicted molar refractivity (Wildman–Crippen MR) is 94.9 cm³/mol. The number of hydrogen-bond acceptors (Lipinski definition) is 7. The van der Waals surface area contributed by atoms with E-state index < -0.39 is 11.1 Å². The number of aromatic nitrogens is 1. The van der Waals surface area contributed by atoms with Crippen LogP contribution in [0.25, 0.3) is 28.2 Å². The minimum atomic E-state index is -0.462. The summed E-state index contributed by atoms with van der Waals surface area (Å²) >= 11 is 0.808. The van der Waals surface area contributed by atoms with Crippen LogP contribution in [0.3, 0.4) is 0 Å². The van der Waals surface area contributed by atoms with Gasteiger partial charge in [-0.1, -0.05) is 6.07 Å². The first-order valence-electron chi connectivity index (χ1n) is 7.41. The van der Waals surface area contributed by atoms with Gasteiger partial charge in [0.25, 0.3) is 11.1 Å². The van der Waals surface area contributed by atoms with Crippen LogP contribution in [0, 0.1) is 11.3 Å². The molecule has 4 rings (SSSR count). The van der Waals surface area contributed by atoms with Gasteiger partial charge in [0.2, 0.25) is 0 Å². The lowest BCUT2D eigenvalue weighted by Crippen LogP contribution is -2.17. The van der Waals surface area contributed by atoms with Crippen molar-refractivity contribution < 1.29 is 19.1 Å². The van der Waals surface area contributed by atoms with Gasteiger partial charge in [-0.25, -0.2) is 0 Å². The van der Waals surface area contributed by atoms with Gasteiger partial charge >= 0.3 is 0 Å². The Morgan fingerprint density at radius 2 is 2.12 bits per heavy atom. The number of nitrogens with zero attached hydrogens (tertiary/aromatic N) is 2. The molecule has 2 N–H and O–H groups in total. The molecule has 7 nitrogen and oxygen atoms in total. The summed E-state index contributed by atoms with van der Waals surface area (Å²) in [5.74, 6) is -0.160. The van der Waals surface area contributed by atoms with E-state index >= 15 is 0 Å². The summed E-state index contributed by atoms with van der Waals surface area (Å²) in [5, 5.41) is 21.2. The molecule has 1 aliphatic heterocycles. The number of phenolic OH excluding ortho intramolecular Hbond substituents is 1. The summed E-state index contributed by atoms with van der Waals surface area (Å²) in [6.07, 6.45) is 4.70. The number of carbonyl (C=O) groups excluding carboxylic acids is 2. The van der Waals surface area contributed by atoms with Gasteiger partial charge in [0.1, 0.15) is 23.2 Å². The van der Waals surface area contributed by atoms with Crippen LogP contribution in [0.5, 0.6) is 5.75 Å². The van der Waals surface area contributed by atoms with Crippen molar-refractivity contribution in [3.8, 4) is 22.9 Å². The van der Waals surface area contributed by atoms with Gasteiger partial charge in [-0.15, -0.1) is 0 Å². The summed E-state index contributed by atoms with van der Waals surface area (Å²) in [4.78, 5) is 27.3. The zero-order valence-corrected chi connectivity index (χ0v) is 13.8. The van der Waals surface area contributed by atoms with Crippen LogP contribution in [0.2, 0.25) is 0 Å². The number of aromatic hydroxyl groups is 1. The number of imide groups is 1. The number of rotatable bonds is 2. The zero-order valence-electron chi connectivity index (χ0n) is 13.0. The third-order valence-corrected chi connectivity index (χ3v) is 4.60. The molecule has 0 unspecified atom stereocenters. The predicted octanol–water partition coefficient (Wildman–Crippen LogP) is 3.40. The van der Waals surface area contributed by atoms with E-state index in [1.54, 1.807) is 30.6 Å². The van der Waals surface area contributed by atoms with E-state index in [4.69, 9.17) is 9.68 Å². The molecule has 1 aromatic carbocycles. The Morgan fingerprint density at radius 1 is 1.27 bits per heavy atom. The third-order valence-electron chi connectivity index (χ3n) is 3.79. The maximum Gasteiger partial charge on any atom is 0.290 e. The van der Waals surface area contributed by atoms with Crippen molar-refractivity contribution >= 4 is 40.0 Å². The first kappa shape index (κ1) is 15.9. The van der Waals surface area contributed by atoms with E-state index in [1.807, 2.05) is 6.07 Å². The quantitative estimate of drug-likeness (QED) is 0.670. The Balaban J connectivity index is 1.82. The van der Waals surface area contributed by atoms with Crippen molar-refractivity contribution in [3.63, 3.8) is 0 Å². The molecule has 0 aliphatic carbocycles. The number of pyridine rings is 1. The van der Waals surface area contributed by atoms with Crippen LogP contribution in [0.1, 0.15) is 11.3 Å². The average Bonchev–Trinajstić information content (AvgIpc) is 3.17. The lowest BCUT2D eigenvalue weighted by Gasteiger charge is -2.03. The standard InChI is InChI=1S/C18H9N3O4S/c19-6-10-3-9(1-2-14(10)22)13-8-20-7-11-4-12(25-16(11)13)5-15-17(23)21-18(24)26-15/h1-5,7-8,22H,(H,21,23,24). The Kier molecular flexibility index (Phi) is 3.71. The van der Waals surface area contributed by atoms with Crippen LogP contribution in [0.4, 0.5) is 4.79 Å². The lowest BCUT2D eigenvalue weighted by atomic mass is 10.0. The number of carbonyl (C=O) groups is 2. The first-order valence-corrected chi connectivity index (χ1v) is 8.22. The molecule has 0 radical (unpaired) electrons. The van der Waals surface area contributed by atoms with E-state index in [-0.39, 0.29) is 16.2 Å². The van der Waals surface area contributed by atoms with Crippen LogP contribution in [-0.2, 0) is 4.79 Å². The maximum atomic E-state index is 11.7. The highest BCUT2D eigenvalue weighted by Crippen LogP contribution is 2.34. The Hall–Kier alpha value is -3.57. The second-order valence-electron chi connectivity index (χ2n) is 5.45. The topological polar surface area (TPSA) is 116 Å². The molecule has 0 atom stereocenters. The molecule has 2 amide bonds. The normalized spacial score (nSPS) is 15.4. The van der Waals surface area contributed by atoms with Gasteiger partial charge in [-0.3, -0.25) is 19.9 Å². The third kappa shape index (κ3) is 2.70. The SMILES string of the molecule is N#Cc1cc(-c2cncc3cc(C=C4SC(=O)NC4=O)oc23)ccc1O. The minimum absolute atomic E-state index is 0.102. The fraction of sp³-hybridized carbons (Fsp3) is 0.